The summed E-state index contributed by atoms with van der Waals surface area (Å²) in [6.45, 7) is 0. The highest BCUT2D eigenvalue weighted by Crippen LogP contribution is 2.34. The summed E-state index contributed by atoms with van der Waals surface area (Å²) in [6, 6.07) is 3.30. The number of non-ortho nitro benzene ring substituents is 1. The van der Waals surface area contributed by atoms with Crippen LogP contribution >= 0.6 is 0 Å². The van der Waals surface area contributed by atoms with E-state index >= 15 is 0 Å². The Labute approximate surface area is 119 Å². The van der Waals surface area contributed by atoms with Gasteiger partial charge in [0.15, 0.2) is 0 Å². The number of rotatable bonds is 4. The Morgan fingerprint density at radius 2 is 1.95 bits per heavy atom. The molecule has 21 heavy (non-hydrogen) atoms. The van der Waals surface area contributed by atoms with Crippen LogP contribution in [-0.4, -0.2) is 27.0 Å². The van der Waals surface area contributed by atoms with Gasteiger partial charge in [-0.2, -0.15) is 0 Å². The predicted molar refractivity (Wildman–Crippen MR) is 71.9 cm³/mol. The quantitative estimate of drug-likeness (QED) is 0.440. The molecule has 0 saturated heterocycles. The standard InChI is InChI=1S/C13H14N2O6/c16-11-6-7(15(20)21)4-5-10(11)14-12(17)8-2-1-3-9(8)13(18)19/h4-6,8-9,16H,1-3H2,(H,14,17)(H,18,19)/t8-,9+/m1/s1. The van der Waals surface area contributed by atoms with E-state index in [0.717, 1.165) is 12.1 Å². The Morgan fingerprint density at radius 1 is 1.29 bits per heavy atom. The number of carboxylic acid groups (broad SMARTS) is 1. The maximum absolute atomic E-state index is 12.1. The SMILES string of the molecule is O=C(O)[C@H]1CCC[C@H]1C(=O)Nc1ccc([N+](=O)[O-])cc1O. The van der Waals surface area contributed by atoms with E-state index in [-0.39, 0.29) is 11.4 Å². The minimum Gasteiger partial charge on any atom is -0.506 e. The van der Waals surface area contributed by atoms with Crippen LogP contribution in [0.3, 0.4) is 0 Å². The van der Waals surface area contributed by atoms with Gasteiger partial charge in [-0.1, -0.05) is 6.42 Å². The summed E-state index contributed by atoms with van der Waals surface area (Å²) in [5, 5.41) is 31.7. The molecule has 1 saturated carbocycles. The molecule has 1 amide bonds. The Bertz CT molecular complexity index is 600. The molecule has 2 atom stereocenters. The summed E-state index contributed by atoms with van der Waals surface area (Å²) < 4.78 is 0. The van der Waals surface area contributed by atoms with Gasteiger partial charge in [0.1, 0.15) is 5.75 Å². The highest BCUT2D eigenvalue weighted by atomic mass is 16.6. The van der Waals surface area contributed by atoms with Crippen molar-refractivity contribution in [3.05, 3.63) is 28.3 Å². The number of carbonyl (C=O) groups excluding carboxylic acids is 1. The summed E-state index contributed by atoms with van der Waals surface area (Å²) in [6.07, 6.45) is 1.57. The van der Waals surface area contributed by atoms with Crippen LogP contribution in [0, 0.1) is 22.0 Å². The number of benzene rings is 1. The van der Waals surface area contributed by atoms with Crippen LogP contribution < -0.4 is 5.32 Å². The van der Waals surface area contributed by atoms with Gasteiger partial charge < -0.3 is 15.5 Å². The fraction of sp³-hybridized carbons (Fsp3) is 0.385. The first kappa shape index (κ1) is 14.8. The van der Waals surface area contributed by atoms with E-state index in [0.29, 0.717) is 19.3 Å². The number of hydrogen-bond acceptors (Lipinski definition) is 5. The van der Waals surface area contributed by atoms with Crippen molar-refractivity contribution in [2.75, 3.05) is 5.32 Å². The molecule has 112 valence electrons. The van der Waals surface area contributed by atoms with Crippen molar-refractivity contribution < 1.29 is 24.7 Å². The fourth-order valence-electron chi connectivity index (χ4n) is 2.53. The molecule has 1 aromatic carbocycles. The molecule has 8 heteroatoms. The number of aliphatic carboxylic acids is 1. The van der Waals surface area contributed by atoms with Gasteiger partial charge in [0.05, 0.1) is 28.5 Å². The van der Waals surface area contributed by atoms with Crippen LogP contribution in [0.1, 0.15) is 19.3 Å². The number of aromatic hydroxyl groups is 1. The lowest BCUT2D eigenvalue weighted by molar-refractivity contribution is -0.384. The van der Waals surface area contributed by atoms with E-state index in [1.165, 1.54) is 6.07 Å². The maximum atomic E-state index is 12.1. The van der Waals surface area contributed by atoms with E-state index in [2.05, 4.69) is 5.32 Å². The Kier molecular flexibility index (Phi) is 4.06. The van der Waals surface area contributed by atoms with Gasteiger partial charge in [-0.15, -0.1) is 0 Å². The molecule has 0 spiro atoms. The molecule has 3 N–H and O–H groups in total. The van der Waals surface area contributed by atoms with Gasteiger partial charge in [-0.3, -0.25) is 19.7 Å². The molecule has 8 nitrogen and oxygen atoms in total. The van der Waals surface area contributed by atoms with Crippen molar-refractivity contribution in [3.8, 4) is 5.75 Å². The van der Waals surface area contributed by atoms with Crippen molar-refractivity contribution >= 4 is 23.3 Å². The number of carbonyl (C=O) groups is 2. The molecule has 0 radical (unpaired) electrons. The fourth-order valence-corrected chi connectivity index (χ4v) is 2.53. The molecule has 0 heterocycles. The third-order valence-electron chi connectivity index (χ3n) is 3.62. The third kappa shape index (κ3) is 3.10. The van der Waals surface area contributed by atoms with Crippen LogP contribution in [0.15, 0.2) is 18.2 Å². The minimum absolute atomic E-state index is 0.0293. The second-order valence-electron chi connectivity index (χ2n) is 4.93. The smallest absolute Gasteiger partial charge is 0.307 e. The summed E-state index contributed by atoms with van der Waals surface area (Å²) in [7, 11) is 0. The zero-order valence-electron chi connectivity index (χ0n) is 11.0. The molecule has 1 aromatic rings. The topological polar surface area (TPSA) is 130 Å². The largest absolute Gasteiger partial charge is 0.506 e. The lowest BCUT2D eigenvalue weighted by Crippen LogP contribution is -2.30. The van der Waals surface area contributed by atoms with E-state index in [1.807, 2.05) is 0 Å². The van der Waals surface area contributed by atoms with Gasteiger partial charge in [-0.05, 0) is 18.9 Å². The first-order valence-corrected chi connectivity index (χ1v) is 6.41. The van der Waals surface area contributed by atoms with Crippen molar-refractivity contribution in [2.24, 2.45) is 11.8 Å². The van der Waals surface area contributed by atoms with Gasteiger partial charge in [0.25, 0.3) is 5.69 Å². The number of phenols is 1. The lowest BCUT2D eigenvalue weighted by atomic mass is 9.95. The number of nitro groups is 1. The summed E-state index contributed by atoms with van der Waals surface area (Å²) in [4.78, 5) is 33.0. The van der Waals surface area contributed by atoms with Gasteiger partial charge in [0.2, 0.25) is 5.91 Å². The van der Waals surface area contributed by atoms with E-state index in [1.54, 1.807) is 0 Å². The minimum atomic E-state index is -1.01. The van der Waals surface area contributed by atoms with Crippen LogP contribution in [0.25, 0.3) is 0 Å². The molecular formula is C13H14N2O6. The molecule has 1 fully saturated rings. The Morgan fingerprint density at radius 3 is 2.52 bits per heavy atom. The molecule has 1 aliphatic rings. The molecule has 2 rings (SSSR count). The van der Waals surface area contributed by atoms with Crippen molar-refractivity contribution in [2.45, 2.75) is 19.3 Å². The predicted octanol–water partition coefficient (Wildman–Crippen LogP) is 1.74. The Hall–Kier alpha value is -2.64. The summed E-state index contributed by atoms with van der Waals surface area (Å²) in [5.41, 5.74) is -0.267. The van der Waals surface area contributed by atoms with E-state index in [9.17, 15) is 24.8 Å². The average Bonchev–Trinajstić information content (AvgIpc) is 2.90. The molecule has 0 unspecified atom stereocenters. The zero-order valence-corrected chi connectivity index (χ0v) is 11.0. The van der Waals surface area contributed by atoms with Crippen molar-refractivity contribution in [3.63, 3.8) is 0 Å². The highest BCUT2D eigenvalue weighted by molar-refractivity contribution is 5.96. The molecule has 0 aliphatic heterocycles. The first-order valence-electron chi connectivity index (χ1n) is 6.41. The average molecular weight is 294 g/mol. The lowest BCUT2D eigenvalue weighted by Gasteiger charge is -2.16. The molecule has 1 aliphatic carbocycles. The first-order chi connectivity index (χ1) is 9.90. The van der Waals surface area contributed by atoms with Crippen LogP contribution in [-0.2, 0) is 9.59 Å². The van der Waals surface area contributed by atoms with E-state index in [4.69, 9.17) is 5.11 Å². The normalized spacial score (nSPS) is 21.0. The van der Waals surface area contributed by atoms with Gasteiger partial charge >= 0.3 is 5.97 Å². The molecular weight excluding hydrogens is 280 g/mol. The number of hydrogen-bond donors (Lipinski definition) is 3. The maximum Gasteiger partial charge on any atom is 0.307 e. The molecule has 0 aromatic heterocycles. The zero-order chi connectivity index (χ0) is 15.6. The van der Waals surface area contributed by atoms with Crippen LogP contribution in [0.5, 0.6) is 5.75 Å². The van der Waals surface area contributed by atoms with Crippen LogP contribution in [0.2, 0.25) is 0 Å². The van der Waals surface area contributed by atoms with E-state index < -0.39 is 34.4 Å². The van der Waals surface area contributed by atoms with Crippen molar-refractivity contribution in [1.29, 1.82) is 0 Å². The highest BCUT2D eigenvalue weighted by Gasteiger charge is 2.37. The summed E-state index contributed by atoms with van der Waals surface area (Å²) >= 11 is 0. The second kappa shape index (κ2) is 5.78. The second-order valence-corrected chi connectivity index (χ2v) is 4.93. The number of nitrogens with one attached hydrogen (secondary N) is 1. The number of nitro benzene ring substituents is 1. The number of anilines is 1. The number of carboxylic acids is 1. The monoisotopic (exact) mass is 294 g/mol. The number of phenolic OH excluding ortho intramolecular Hbond substituents is 1. The van der Waals surface area contributed by atoms with Crippen LogP contribution in [0.4, 0.5) is 11.4 Å². The van der Waals surface area contributed by atoms with Gasteiger partial charge in [-0.25, -0.2) is 0 Å². The summed E-state index contributed by atoms with van der Waals surface area (Å²) in [5.74, 6) is -3.32. The van der Waals surface area contributed by atoms with Crippen molar-refractivity contribution in [1.82, 2.24) is 0 Å². The molecule has 0 bridgehead atoms. The van der Waals surface area contributed by atoms with Gasteiger partial charge in [0, 0.05) is 6.07 Å². The Balaban J connectivity index is 2.13. The number of amides is 1. The number of nitrogens with zero attached hydrogens (tertiary/aromatic N) is 1. The third-order valence-corrected chi connectivity index (χ3v) is 3.62.